The minimum Gasteiger partial charge on any atom is -0.340 e. The molecule has 0 aliphatic heterocycles. The molecule has 1 N–H and O–H groups in total. The van der Waals surface area contributed by atoms with Crippen molar-refractivity contribution in [2.24, 2.45) is 7.05 Å². The molecule has 1 atom stereocenters. The second kappa shape index (κ2) is 9.19. The van der Waals surface area contributed by atoms with Gasteiger partial charge < -0.3 is 4.90 Å². The highest BCUT2D eigenvalue weighted by Gasteiger charge is 2.29. The van der Waals surface area contributed by atoms with Gasteiger partial charge in [0.25, 0.3) is 0 Å². The molecule has 1 heterocycles. The fraction of sp³-hybridized carbons (Fsp3) is 0.238. The van der Waals surface area contributed by atoms with E-state index < -0.39 is 32.7 Å². The number of halogens is 1. The van der Waals surface area contributed by atoms with Crippen LogP contribution in [-0.2, 0) is 34.8 Å². The Hall–Kier alpha value is -3.04. The molecule has 7 nitrogen and oxygen atoms in total. The number of amides is 1. The van der Waals surface area contributed by atoms with Crippen molar-refractivity contribution in [2.75, 3.05) is 7.05 Å². The molecule has 3 aromatic rings. The number of benzene rings is 2. The second-order valence-corrected chi connectivity index (χ2v) is 8.69. The van der Waals surface area contributed by atoms with Crippen molar-refractivity contribution >= 4 is 15.9 Å². The highest BCUT2D eigenvalue weighted by Crippen LogP contribution is 2.16. The number of nitrogens with zero attached hydrogens (tertiary/aromatic N) is 3. The lowest BCUT2D eigenvalue weighted by Crippen LogP contribution is -2.48. The fourth-order valence-electron chi connectivity index (χ4n) is 3.11. The first kappa shape index (κ1) is 21.7. The molecule has 1 unspecified atom stereocenters. The molecule has 0 bridgehead atoms. The molecule has 0 aliphatic carbocycles. The molecule has 0 spiro atoms. The number of nitrogens with one attached hydrogen (secondary N) is 1. The molecule has 158 valence electrons. The maximum Gasteiger partial charge on any atom is 0.244 e. The minimum absolute atomic E-state index is 0.130. The summed E-state index contributed by atoms with van der Waals surface area (Å²) < 4.78 is 43.7. The van der Waals surface area contributed by atoms with Gasteiger partial charge in [0.15, 0.2) is 0 Å². The molecule has 0 radical (unpaired) electrons. The lowest BCUT2D eigenvalue weighted by Gasteiger charge is -2.24. The van der Waals surface area contributed by atoms with Gasteiger partial charge >= 0.3 is 0 Å². The number of aryl methyl sites for hydroxylation is 1. The van der Waals surface area contributed by atoms with Gasteiger partial charge in [-0.3, -0.25) is 9.48 Å². The number of sulfonamides is 1. The summed E-state index contributed by atoms with van der Waals surface area (Å²) in [5.74, 6) is -1.30. The van der Waals surface area contributed by atoms with Gasteiger partial charge in [0, 0.05) is 32.4 Å². The summed E-state index contributed by atoms with van der Waals surface area (Å²) in [5.41, 5.74) is 1.59. The standard InChI is InChI=1S/C21H23FN4O3S/c1-25(14-17-13-23-26(2)15-17)21(27)19(12-16-8-4-3-5-9-16)24-30(28,29)20-11-7-6-10-18(20)22/h3-11,13,15,19,24H,12,14H2,1-2H3. The van der Waals surface area contributed by atoms with E-state index in [1.54, 1.807) is 43.3 Å². The van der Waals surface area contributed by atoms with Crippen molar-refractivity contribution in [1.82, 2.24) is 19.4 Å². The zero-order valence-electron chi connectivity index (χ0n) is 16.7. The summed E-state index contributed by atoms with van der Waals surface area (Å²) in [6.07, 6.45) is 3.55. The number of rotatable bonds is 8. The zero-order valence-corrected chi connectivity index (χ0v) is 17.5. The molecule has 0 saturated heterocycles. The smallest absolute Gasteiger partial charge is 0.244 e. The van der Waals surface area contributed by atoms with Crippen LogP contribution in [0.15, 0.2) is 71.9 Å². The normalized spacial score (nSPS) is 12.5. The molecule has 2 aromatic carbocycles. The number of carbonyl (C=O) groups excluding carboxylic acids is 1. The molecule has 0 saturated carbocycles. The van der Waals surface area contributed by atoms with Crippen LogP contribution in [0.5, 0.6) is 0 Å². The summed E-state index contributed by atoms with van der Waals surface area (Å²) >= 11 is 0. The second-order valence-electron chi connectivity index (χ2n) is 7.01. The van der Waals surface area contributed by atoms with Crippen molar-refractivity contribution in [3.8, 4) is 0 Å². The number of carbonyl (C=O) groups is 1. The van der Waals surface area contributed by atoms with Gasteiger partial charge in [-0.15, -0.1) is 0 Å². The van der Waals surface area contributed by atoms with Gasteiger partial charge in [0.05, 0.1) is 6.20 Å². The SMILES string of the molecule is CN(Cc1cnn(C)c1)C(=O)C(Cc1ccccc1)NS(=O)(=O)c1ccccc1F. The third kappa shape index (κ3) is 5.31. The summed E-state index contributed by atoms with van der Waals surface area (Å²) in [6, 6.07) is 13.0. The molecule has 0 fully saturated rings. The lowest BCUT2D eigenvalue weighted by molar-refractivity contribution is -0.132. The molecular weight excluding hydrogens is 407 g/mol. The topological polar surface area (TPSA) is 84.3 Å². The first-order chi connectivity index (χ1) is 14.3. The van der Waals surface area contributed by atoms with Crippen LogP contribution in [0, 0.1) is 5.82 Å². The van der Waals surface area contributed by atoms with Crippen LogP contribution in [0.1, 0.15) is 11.1 Å². The minimum atomic E-state index is -4.25. The van der Waals surface area contributed by atoms with E-state index in [9.17, 15) is 17.6 Å². The molecule has 1 amide bonds. The van der Waals surface area contributed by atoms with Gasteiger partial charge in [-0.1, -0.05) is 42.5 Å². The average molecular weight is 431 g/mol. The largest absolute Gasteiger partial charge is 0.340 e. The zero-order chi connectivity index (χ0) is 21.7. The predicted molar refractivity (Wildman–Crippen MR) is 110 cm³/mol. The van der Waals surface area contributed by atoms with Crippen LogP contribution in [0.4, 0.5) is 4.39 Å². The van der Waals surface area contributed by atoms with Crippen LogP contribution in [0.3, 0.4) is 0 Å². The fourth-order valence-corrected chi connectivity index (χ4v) is 4.38. The maximum absolute atomic E-state index is 14.1. The van der Waals surface area contributed by atoms with Crippen molar-refractivity contribution in [3.05, 3.63) is 83.9 Å². The molecule has 30 heavy (non-hydrogen) atoms. The van der Waals surface area contributed by atoms with Gasteiger partial charge in [-0.25, -0.2) is 12.8 Å². The molecule has 0 aliphatic rings. The summed E-state index contributed by atoms with van der Waals surface area (Å²) in [5, 5.41) is 4.08. The van der Waals surface area contributed by atoms with E-state index >= 15 is 0 Å². The third-order valence-electron chi connectivity index (χ3n) is 4.56. The first-order valence-corrected chi connectivity index (χ1v) is 10.8. The van der Waals surface area contributed by atoms with Crippen molar-refractivity contribution < 1.29 is 17.6 Å². The summed E-state index contributed by atoms with van der Waals surface area (Å²) in [7, 11) is -0.889. The first-order valence-electron chi connectivity index (χ1n) is 9.29. The molecular formula is C21H23FN4O3S. The number of hydrogen-bond donors (Lipinski definition) is 1. The van der Waals surface area contributed by atoms with E-state index in [2.05, 4.69) is 9.82 Å². The molecule has 1 aromatic heterocycles. The van der Waals surface area contributed by atoms with Gasteiger partial charge in [-0.2, -0.15) is 9.82 Å². The predicted octanol–water partition coefficient (Wildman–Crippen LogP) is 2.11. The summed E-state index contributed by atoms with van der Waals surface area (Å²) in [4.78, 5) is 14.1. The van der Waals surface area contributed by atoms with Gasteiger partial charge in [0.1, 0.15) is 16.8 Å². The number of aromatic nitrogens is 2. The van der Waals surface area contributed by atoms with Crippen LogP contribution in [-0.4, -0.2) is 42.1 Å². The van der Waals surface area contributed by atoms with Crippen LogP contribution < -0.4 is 4.72 Å². The Morgan fingerprint density at radius 2 is 1.80 bits per heavy atom. The highest BCUT2D eigenvalue weighted by atomic mass is 32.2. The van der Waals surface area contributed by atoms with Crippen molar-refractivity contribution in [2.45, 2.75) is 23.9 Å². The van der Waals surface area contributed by atoms with Crippen molar-refractivity contribution in [3.63, 3.8) is 0 Å². The molecule has 3 rings (SSSR count). The number of likely N-dealkylation sites (N-methyl/N-ethyl adjacent to an activating group) is 1. The Labute approximate surface area is 175 Å². The summed E-state index contributed by atoms with van der Waals surface area (Å²) in [6.45, 7) is 0.263. The van der Waals surface area contributed by atoms with Gasteiger partial charge in [-0.05, 0) is 24.1 Å². The maximum atomic E-state index is 14.1. The monoisotopic (exact) mass is 430 g/mol. The average Bonchev–Trinajstić information content (AvgIpc) is 3.12. The Balaban J connectivity index is 1.86. The Morgan fingerprint density at radius 3 is 2.43 bits per heavy atom. The highest BCUT2D eigenvalue weighted by molar-refractivity contribution is 7.89. The van der Waals surface area contributed by atoms with Crippen LogP contribution in [0.2, 0.25) is 0 Å². The lowest BCUT2D eigenvalue weighted by atomic mass is 10.1. The third-order valence-corrected chi connectivity index (χ3v) is 6.06. The number of hydrogen-bond acceptors (Lipinski definition) is 4. The Morgan fingerprint density at radius 1 is 1.13 bits per heavy atom. The van der Waals surface area contributed by atoms with Crippen LogP contribution >= 0.6 is 0 Å². The molecule has 9 heteroatoms. The van der Waals surface area contributed by atoms with E-state index in [1.807, 2.05) is 18.2 Å². The van der Waals surface area contributed by atoms with Crippen LogP contribution in [0.25, 0.3) is 0 Å². The van der Waals surface area contributed by atoms with E-state index in [0.717, 1.165) is 17.2 Å². The quantitative estimate of drug-likeness (QED) is 0.593. The van der Waals surface area contributed by atoms with E-state index in [-0.39, 0.29) is 13.0 Å². The van der Waals surface area contributed by atoms with E-state index in [0.29, 0.717) is 0 Å². The van der Waals surface area contributed by atoms with Gasteiger partial charge in [0.2, 0.25) is 15.9 Å². The Kier molecular flexibility index (Phi) is 6.63. The Bertz CT molecular complexity index is 1120. The van der Waals surface area contributed by atoms with E-state index in [4.69, 9.17) is 0 Å². The van der Waals surface area contributed by atoms with Crippen molar-refractivity contribution in [1.29, 1.82) is 0 Å². The van der Waals surface area contributed by atoms with E-state index in [1.165, 1.54) is 23.1 Å².